The Morgan fingerprint density at radius 2 is 0.417 bits per heavy atom. The van der Waals surface area contributed by atoms with Crippen molar-refractivity contribution in [3.63, 3.8) is 0 Å². The average Bonchev–Trinajstić information content (AvgIpc) is 4.05. The molecule has 4 heteroatoms. The van der Waals surface area contributed by atoms with Crippen LogP contribution in [-0.2, 0) is 0 Å². The number of rotatable bonds is 0. The summed E-state index contributed by atoms with van der Waals surface area (Å²) in [6.07, 6.45) is 0. The van der Waals surface area contributed by atoms with E-state index in [4.69, 9.17) is 0 Å². The van der Waals surface area contributed by atoms with Crippen LogP contribution in [-0.4, -0.2) is 19.9 Å². The second-order valence-electron chi connectivity index (χ2n) is 17.0. The Balaban J connectivity index is 1.31. The van der Waals surface area contributed by atoms with Crippen LogP contribution < -0.4 is 21.4 Å². The number of aromatic nitrogens is 4. The van der Waals surface area contributed by atoms with Gasteiger partial charge in [-0.3, -0.25) is 0 Å². The molecule has 0 saturated heterocycles. The number of benzene rings is 8. The smallest absolute Gasteiger partial charge is 0.0515 e. The largest absolute Gasteiger partial charge is 0.354 e. The van der Waals surface area contributed by atoms with E-state index in [1.807, 2.05) is 0 Å². The number of hydrogen-bond donors (Lipinski definition) is 4. The Kier molecular flexibility index (Phi) is 6.68. The van der Waals surface area contributed by atoms with Gasteiger partial charge in [0, 0.05) is 43.1 Å². The number of fused-ring (bicyclic) bond motifs is 24. The molecular weight excluding hydrogens is 729 g/mol. The fourth-order valence-electron chi connectivity index (χ4n) is 10.5. The third kappa shape index (κ3) is 4.56. The molecule has 0 fully saturated rings. The molecule has 0 spiro atoms. The fourth-order valence-corrected chi connectivity index (χ4v) is 10.5. The molecule has 1 aliphatic rings. The minimum Gasteiger partial charge on any atom is -0.354 e. The lowest BCUT2D eigenvalue weighted by atomic mass is 9.98. The monoisotopic (exact) mass is 768 g/mol. The second-order valence-corrected chi connectivity index (χ2v) is 17.0. The third-order valence-corrected chi connectivity index (χ3v) is 13.7. The molecule has 1 aliphatic heterocycles. The molecule has 0 unspecified atom stereocenters. The van der Waals surface area contributed by atoms with Crippen LogP contribution in [0.25, 0.3) is 108 Å². The first-order valence-electron chi connectivity index (χ1n) is 20.9. The Labute approximate surface area is 344 Å². The molecule has 0 radical (unpaired) electrons. The van der Waals surface area contributed by atoms with Gasteiger partial charge in [-0.25, -0.2) is 0 Å². The Hall–Kier alpha value is -7.56. The number of aromatic amines is 4. The van der Waals surface area contributed by atoms with Crippen molar-refractivity contribution < 1.29 is 0 Å². The van der Waals surface area contributed by atoms with Crippen molar-refractivity contribution in [1.29, 1.82) is 0 Å². The molecule has 0 amide bonds. The highest BCUT2D eigenvalue weighted by atomic mass is 14.8. The molecule has 13 rings (SSSR count). The van der Waals surface area contributed by atoms with Gasteiger partial charge in [0.05, 0.1) is 44.2 Å². The Bertz CT molecular complexity index is 3630. The molecular formula is C56H40N4. The lowest BCUT2D eigenvalue weighted by Crippen LogP contribution is -2.16. The van der Waals surface area contributed by atoms with Gasteiger partial charge in [0.2, 0.25) is 0 Å². The maximum Gasteiger partial charge on any atom is 0.0515 e. The molecule has 284 valence electrons. The normalized spacial score (nSPS) is 13.5. The fraction of sp³-hybridized carbons (Fsp3) is 0.0714. The third-order valence-electron chi connectivity index (χ3n) is 13.7. The summed E-state index contributed by atoms with van der Waals surface area (Å²) in [5, 5.41) is 24.0. The first-order chi connectivity index (χ1) is 29.4. The molecule has 0 atom stereocenters. The highest BCUT2D eigenvalue weighted by Crippen LogP contribution is 2.37. The number of hydrogen-bond acceptors (Lipinski definition) is 0. The van der Waals surface area contributed by atoms with E-state index in [1.165, 1.54) is 108 Å². The predicted molar refractivity (Wildman–Crippen MR) is 254 cm³/mol. The van der Waals surface area contributed by atoms with Crippen molar-refractivity contribution in [2.75, 3.05) is 0 Å². The van der Waals surface area contributed by atoms with Gasteiger partial charge in [0.1, 0.15) is 0 Å². The van der Waals surface area contributed by atoms with E-state index in [0.29, 0.717) is 0 Å². The van der Waals surface area contributed by atoms with Crippen LogP contribution in [0, 0.1) is 0 Å². The zero-order valence-corrected chi connectivity index (χ0v) is 33.9. The molecule has 4 aromatic heterocycles. The topological polar surface area (TPSA) is 63.2 Å². The van der Waals surface area contributed by atoms with Gasteiger partial charge in [-0.1, -0.05) is 97.1 Å². The molecule has 8 bridgehead atoms. The van der Waals surface area contributed by atoms with E-state index in [-0.39, 0.29) is 0 Å². The zero-order valence-electron chi connectivity index (χ0n) is 33.9. The van der Waals surface area contributed by atoms with Gasteiger partial charge in [-0.05, 0) is 142 Å². The minimum atomic E-state index is 1.13. The summed E-state index contributed by atoms with van der Waals surface area (Å²) in [4.78, 5) is 16.3. The second kappa shape index (κ2) is 12.0. The van der Waals surface area contributed by atoms with E-state index >= 15 is 0 Å². The van der Waals surface area contributed by atoms with Gasteiger partial charge in [0.15, 0.2) is 0 Å². The number of H-pyrrole nitrogens is 4. The lowest BCUT2D eigenvalue weighted by molar-refractivity contribution is 1.19. The van der Waals surface area contributed by atoms with E-state index in [9.17, 15) is 0 Å². The quantitative estimate of drug-likeness (QED) is 0.119. The SMILES string of the molecule is CC1=c2[nH]c(c3cc4ccccc4cc23)=C(C)c2[nH]c(c3cc4ccccc4cc23)C(C)=c2[nH]c(c3cc4ccccc4cc23)=C(C)c2[nH]c1c1cc3ccccc3cc21. The van der Waals surface area contributed by atoms with Crippen LogP contribution in [0.3, 0.4) is 0 Å². The minimum absolute atomic E-state index is 1.13. The van der Waals surface area contributed by atoms with Crippen molar-refractivity contribution in [2.24, 2.45) is 0 Å². The summed E-state index contributed by atoms with van der Waals surface area (Å²) in [6.45, 7) is 9.12. The highest BCUT2D eigenvalue weighted by Gasteiger charge is 2.21. The van der Waals surface area contributed by atoms with Crippen LogP contribution in [0.1, 0.15) is 50.5 Å². The van der Waals surface area contributed by atoms with E-state index in [1.54, 1.807) is 0 Å². The van der Waals surface area contributed by atoms with Crippen molar-refractivity contribution in [1.82, 2.24) is 19.9 Å². The summed E-state index contributed by atoms with van der Waals surface area (Å²) in [5.41, 5.74) is 9.21. The van der Waals surface area contributed by atoms with Crippen LogP contribution >= 0.6 is 0 Å². The van der Waals surface area contributed by atoms with E-state index in [2.05, 4.69) is 193 Å². The first-order valence-corrected chi connectivity index (χ1v) is 20.9. The molecule has 4 N–H and O–H groups in total. The van der Waals surface area contributed by atoms with E-state index < -0.39 is 0 Å². The average molecular weight is 769 g/mol. The molecule has 0 aliphatic carbocycles. The van der Waals surface area contributed by atoms with Gasteiger partial charge in [-0.2, -0.15) is 0 Å². The van der Waals surface area contributed by atoms with Crippen molar-refractivity contribution in [3.8, 4) is 0 Å². The highest BCUT2D eigenvalue weighted by molar-refractivity contribution is 6.11. The van der Waals surface area contributed by atoms with Crippen molar-refractivity contribution >= 4 is 108 Å². The molecule has 60 heavy (non-hydrogen) atoms. The van der Waals surface area contributed by atoms with E-state index in [0.717, 1.165) is 44.2 Å². The summed E-state index contributed by atoms with van der Waals surface area (Å²) in [6, 6.07) is 54.0. The van der Waals surface area contributed by atoms with Crippen LogP contribution in [0.4, 0.5) is 0 Å². The summed E-state index contributed by atoms with van der Waals surface area (Å²) in [7, 11) is 0. The number of nitrogens with one attached hydrogen (secondary N) is 4. The molecule has 4 nitrogen and oxygen atoms in total. The van der Waals surface area contributed by atoms with Crippen LogP contribution in [0.5, 0.6) is 0 Å². The molecule has 0 saturated carbocycles. The van der Waals surface area contributed by atoms with Crippen molar-refractivity contribution in [3.05, 3.63) is 190 Å². The summed E-state index contributed by atoms with van der Waals surface area (Å²) in [5.74, 6) is 0. The zero-order chi connectivity index (χ0) is 40.0. The molecule has 8 aromatic carbocycles. The maximum atomic E-state index is 4.08. The Morgan fingerprint density at radius 1 is 0.233 bits per heavy atom. The first kappa shape index (κ1) is 33.4. The maximum absolute atomic E-state index is 4.08. The van der Waals surface area contributed by atoms with Gasteiger partial charge < -0.3 is 19.9 Å². The van der Waals surface area contributed by atoms with Crippen LogP contribution in [0.15, 0.2) is 146 Å². The van der Waals surface area contributed by atoms with Crippen LogP contribution in [0.2, 0.25) is 0 Å². The Morgan fingerprint density at radius 3 is 0.617 bits per heavy atom. The summed E-state index contributed by atoms with van der Waals surface area (Å²) >= 11 is 0. The van der Waals surface area contributed by atoms with Gasteiger partial charge in [0.25, 0.3) is 0 Å². The van der Waals surface area contributed by atoms with Crippen molar-refractivity contribution in [2.45, 2.75) is 27.7 Å². The summed E-state index contributed by atoms with van der Waals surface area (Å²) < 4.78 is 0. The standard InChI is InChI=1S/C56H40N4/c1-29-49-41-21-33-13-5-7-15-35(33)23-43(41)51(57-49)30(2)53-45-25-37-17-9-11-19-39(37)27-47(45)55(59-53)32(4)56-48-28-40-20-12-10-18-38(40)26-46(48)54(60-56)31(3)52-44-24-36-16-8-6-14-34(36)22-42(44)50(29)58-52/h5-28,57-60H,1-4H3. The lowest BCUT2D eigenvalue weighted by Gasteiger charge is -2.03. The van der Waals surface area contributed by atoms with Gasteiger partial charge in [-0.15, -0.1) is 0 Å². The van der Waals surface area contributed by atoms with Gasteiger partial charge >= 0.3 is 0 Å². The molecule has 5 heterocycles. The predicted octanol–water partition coefficient (Wildman–Crippen LogP) is 11.4. The molecule has 12 aromatic rings.